The average molecular weight is 416 g/mol. The predicted octanol–water partition coefficient (Wildman–Crippen LogP) is 5.31. The first-order chi connectivity index (χ1) is 15.1. The SMILES string of the molecule is O=C(c1ccc(O)cc1)C1CCN(C(=O)Nc2ccc(Oc3ccccc3)cc2)CC1. The molecule has 0 aliphatic carbocycles. The molecular formula is C25H24N2O4. The molecule has 0 radical (unpaired) electrons. The summed E-state index contributed by atoms with van der Waals surface area (Å²) in [6.45, 7) is 1.05. The van der Waals surface area contributed by atoms with Gasteiger partial charge in [-0.2, -0.15) is 0 Å². The first-order valence-corrected chi connectivity index (χ1v) is 10.3. The van der Waals surface area contributed by atoms with Gasteiger partial charge in [0.15, 0.2) is 5.78 Å². The van der Waals surface area contributed by atoms with Crippen LogP contribution in [0.2, 0.25) is 0 Å². The number of nitrogens with zero attached hydrogens (tertiary/aromatic N) is 1. The third-order valence-electron chi connectivity index (χ3n) is 5.39. The van der Waals surface area contributed by atoms with E-state index in [1.54, 1.807) is 29.2 Å². The Morgan fingerprint density at radius 3 is 2.10 bits per heavy atom. The van der Waals surface area contributed by atoms with Gasteiger partial charge >= 0.3 is 6.03 Å². The van der Waals surface area contributed by atoms with Crippen molar-refractivity contribution in [3.63, 3.8) is 0 Å². The van der Waals surface area contributed by atoms with E-state index in [0.717, 1.165) is 5.75 Å². The summed E-state index contributed by atoms with van der Waals surface area (Å²) in [5, 5.41) is 12.3. The van der Waals surface area contributed by atoms with Gasteiger partial charge in [0.05, 0.1) is 0 Å². The molecule has 3 aromatic rings. The van der Waals surface area contributed by atoms with Crippen LogP contribution in [0.3, 0.4) is 0 Å². The number of carbonyl (C=O) groups excluding carboxylic acids is 2. The number of ether oxygens (including phenoxy) is 1. The summed E-state index contributed by atoms with van der Waals surface area (Å²) in [6, 6.07) is 22.9. The number of para-hydroxylation sites is 1. The number of phenols is 1. The summed E-state index contributed by atoms with van der Waals surface area (Å²) in [5.74, 6) is 1.54. The number of benzene rings is 3. The summed E-state index contributed by atoms with van der Waals surface area (Å²) < 4.78 is 5.76. The van der Waals surface area contributed by atoms with E-state index in [1.807, 2.05) is 42.5 Å². The van der Waals surface area contributed by atoms with Crippen molar-refractivity contribution in [1.29, 1.82) is 0 Å². The molecule has 3 aromatic carbocycles. The molecule has 2 amide bonds. The van der Waals surface area contributed by atoms with E-state index < -0.39 is 0 Å². The Morgan fingerprint density at radius 2 is 1.45 bits per heavy atom. The van der Waals surface area contributed by atoms with Crippen LogP contribution >= 0.6 is 0 Å². The quantitative estimate of drug-likeness (QED) is 0.553. The standard InChI is InChI=1S/C25H24N2O4/c28-21-10-6-18(7-11-21)24(29)19-14-16-27(17-15-19)25(30)26-20-8-12-23(13-9-20)31-22-4-2-1-3-5-22/h1-13,19,28H,14-17H2,(H,26,30). The number of hydrogen-bond acceptors (Lipinski definition) is 4. The summed E-state index contributed by atoms with van der Waals surface area (Å²) >= 11 is 0. The van der Waals surface area contributed by atoms with E-state index in [-0.39, 0.29) is 23.5 Å². The Morgan fingerprint density at radius 1 is 0.839 bits per heavy atom. The first-order valence-electron chi connectivity index (χ1n) is 10.3. The largest absolute Gasteiger partial charge is 0.508 e. The minimum Gasteiger partial charge on any atom is -0.508 e. The normalized spacial score (nSPS) is 14.1. The third-order valence-corrected chi connectivity index (χ3v) is 5.39. The topological polar surface area (TPSA) is 78.9 Å². The van der Waals surface area contributed by atoms with Crippen molar-refractivity contribution in [3.8, 4) is 17.2 Å². The van der Waals surface area contributed by atoms with Gasteiger partial charge in [-0.05, 0) is 73.5 Å². The van der Waals surface area contributed by atoms with Crippen LogP contribution in [0, 0.1) is 5.92 Å². The highest BCUT2D eigenvalue weighted by Crippen LogP contribution is 2.25. The fourth-order valence-electron chi connectivity index (χ4n) is 3.64. The molecule has 1 aliphatic heterocycles. The van der Waals surface area contributed by atoms with Crippen molar-refractivity contribution < 1.29 is 19.4 Å². The molecule has 0 bridgehead atoms. The number of Topliss-reactive ketones (excluding diaryl/α,β-unsaturated/α-hetero) is 1. The van der Waals surface area contributed by atoms with Crippen molar-refractivity contribution in [2.75, 3.05) is 18.4 Å². The van der Waals surface area contributed by atoms with Gasteiger partial charge in [0.2, 0.25) is 0 Å². The Balaban J connectivity index is 1.28. The Kier molecular flexibility index (Phi) is 6.17. The number of likely N-dealkylation sites (tertiary alicyclic amines) is 1. The van der Waals surface area contributed by atoms with Gasteiger partial charge in [0, 0.05) is 30.3 Å². The molecule has 0 spiro atoms. The maximum absolute atomic E-state index is 12.6. The molecule has 6 nitrogen and oxygen atoms in total. The van der Waals surface area contributed by atoms with Crippen LogP contribution in [0.1, 0.15) is 23.2 Å². The number of piperidine rings is 1. The number of amides is 2. The molecular weight excluding hydrogens is 392 g/mol. The highest BCUT2D eigenvalue weighted by molar-refractivity contribution is 5.98. The molecule has 2 N–H and O–H groups in total. The van der Waals surface area contributed by atoms with Crippen LogP contribution in [-0.2, 0) is 0 Å². The second-order valence-electron chi connectivity index (χ2n) is 7.54. The molecule has 0 aromatic heterocycles. The number of carbonyl (C=O) groups is 2. The summed E-state index contributed by atoms with van der Waals surface area (Å²) in [4.78, 5) is 27.0. The number of ketones is 1. The van der Waals surface area contributed by atoms with Gasteiger partial charge in [-0.15, -0.1) is 0 Å². The maximum atomic E-state index is 12.6. The maximum Gasteiger partial charge on any atom is 0.321 e. The van der Waals surface area contributed by atoms with Crippen molar-refractivity contribution in [3.05, 3.63) is 84.4 Å². The van der Waals surface area contributed by atoms with Crippen LogP contribution in [0.5, 0.6) is 17.2 Å². The van der Waals surface area contributed by atoms with Crippen LogP contribution in [0.15, 0.2) is 78.9 Å². The van der Waals surface area contributed by atoms with Gasteiger partial charge in [-0.3, -0.25) is 4.79 Å². The number of nitrogens with one attached hydrogen (secondary N) is 1. The van der Waals surface area contributed by atoms with Gasteiger partial charge in [0.25, 0.3) is 0 Å². The number of phenolic OH excluding ortho intramolecular Hbond substituents is 1. The van der Waals surface area contributed by atoms with E-state index in [9.17, 15) is 14.7 Å². The Labute approximate surface area is 181 Å². The lowest BCUT2D eigenvalue weighted by Gasteiger charge is -2.31. The summed E-state index contributed by atoms with van der Waals surface area (Å²) in [6.07, 6.45) is 1.24. The summed E-state index contributed by atoms with van der Waals surface area (Å²) in [7, 11) is 0. The number of hydrogen-bond donors (Lipinski definition) is 2. The van der Waals surface area contributed by atoms with Crippen molar-refractivity contribution >= 4 is 17.5 Å². The van der Waals surface area contributed by atoms with Gasteiger partial charge < -0.3 is 20.1 Å². The third kappa shape index (κ3) is 5.22. The second kappa shape index (κ2) is 9.34. The second-order valence-corrected chi connectivity index (χ2v) is 7.54. The molecule has 1 heterocycles. The lowest BCUT2D eigenvalue weighted by Crippen LogP contribution is -2.42. The monoisotopic (exact) mass is 416 g/mol. The minimum atomic E-state index is -0.174. The number of aromatic hydroxyl groups is 1. The molecule has 1 fully saturated rings. The zero-order valence-corrected chi connectivity index (χ0v) is 17.0. The van der Waals surface area contributed by atoms with Crippen molar-refractivity contribution in [2.24, 2.45) is 5.92 Å². The number of urea groups is 1. The molecule has 0 atom stereocenters. The van der Waals surface area contributed by atoms with E-state index in [0.29, 0.717) is 42.9 Å². The van der Waals surface area contributed by atoms with Crippen LogP contribution in [0.4, 0.5) is 10.5 Å². The molecule has 6 heteroatoms. The average Bonchev–Trinajstić information content (AvgIpc) is 2.81. The zero-order chi connectivity index (χ0) is 21.6. The lowest BCUT2D eigenvalue weighted by molar-refractivity contribution is 0.0859. The number of anilines is 1. The van der Waals surface area contributed by atoms with Gasteiger partial charge in [-0.1, -0.05) is 18.2 Å². The first kappa shape index (κ1) is 20.5. The minimum absolute atomic E-state index is 0.0639. The van der Waals surface area contributed by atoms with Crippen LogP contribution in [-0.4, -0.2) is 34.9 Å². The van der Waals surface area contributed by atoms with E-state index in [1.165, 1.54) is 12.1 Å². The highest BCUT2D eigenvalue weighted by atomic mass is 16.5. The molecule has 158 valence electrons. The van der Waals surface area contributed by atoms with E-state index >= 15 is 0 Å². The fraction of sp³-hybridized carbons (Fsp3) is 0.200. The van der Waals surface area contributed by atoms with Crippen molar-refractivity contribution in [1.82, 2.24) is 4.90 Å². The Bertz CT molecular complexity index is 1030. The van der Waals surface area contributed by atoms with Crippen LogP contribution < -0.4 is 10.1 Å². The van der Waals surface area contributed by atoms with E-state index in [2.05, 4.69) is 5.32 Å². The number of rotatable bonds is 5. The smallest absolute Gasteiger partial charge is 0.321 e. The highest BCUT2D eigenvalue weighted by Gasteiger charge is 2.28. The van der Waals surface area contributed by atoms with Gasteiger partial charge in [-0.25, -0.2) is 4.79 Å². The molecule has 0 saturated carbocycles. The van der Waals surface area contributed by atoms with Gasteiger partial charge in [0.1, 0.15) is 17.2 Å². The Hall–Kier alpha value is -3.80. The molecule has 1 saturated heterocycles. The van der Waals surface area contributed by atoms with E-state index in [4.69, 9.17) is 4.74 Å². The molecule has 0 unspecified atom stereocenters. The predicted molar refractivity (Wildman–Crippen MR) is 119 cm³/mol. The lowest BCUT2D eigenvalue weighted by atomic mass is 9.89. The van der Waals surface area contributed by atoms with Crippen molar-refractivity contribution in [2.45, 2.75) is 12.8 Å². The molecule has 4 rings (SSSR count). The molecule has 1 aliphatic rings. The fourth-order valence-corrected chi connectivity index (χ4v) is 3.64. The zero-order valence-electron chi connectivity index (χ0n) is 17.0. The molecule has 31 heavy (non-hydrogen) atoms. The summed E-state index contributed by atoms with van der Waals surface area (Å²) in [5.41, 5.74) is 1.28. The van der Waals surface area contributed by atoms with Crippen LogP contribution in [0.25, 0.3) is 0 Å².